The van der Waals surface area contributed by atoms with Crippen molar-refractivity contribution in [3.63, 3.8) is 0 Å². The second-order valence-corrected chi connectivity index (χ2v) is 5.76. The third kappa shape index (κ3) is 3.86. The first-order valence-corrected chi connectivity index (χ1v) is 7.68. The smallest absolute Gasteiger partial charge is 0.229 e. The fourth-order valence-electron chi connectivity index (χ4n) is 2.36. The van der Waals surface area contributed by atoms with Gasteiger partial charge in [-0.2, -0.15) is 10.1 Å². The molecular weight excluding hydrogens is 304 g/mol. The maximum atomic E-state index is 6.16. The summed E-state index contributed by atoms with van der Waals surface area (Å²) in [6.45, 7) is 2.50. The lowest BCUT2D eigenvalue weighted by molar-refractivity contribution is 0.0699. The van der Waals surface area contributed by atoms with Crippen LogP contribution in [-0.2, 0) is 11.8 Å². The number of rotatable bonds is 5. The molecule has 2 N–H and O–H groups in total. The molecule has 0 spiro atoms. The van der Waals surface area contributed by atoms with Crippen molar-refractivity contribution in [1.82, 2.24) is 19.7 Å². The van der Waals surface area contributed by atoms with Crippen LogP contribution in [-0.4, -0.2) is 39.5 Å². The lowest BCUT2D eigenvalue weighted by Gasteiger charge is -2.22. The predicted octanol–water partition coefficient (Wildman–Crippen LogP) is 2.45. The van der Waals surface area contributed by atoms with Crippen LogP contribution in [0.4, 0.5) is 17.5 Å². The maximum absolute atomic E-state index is 6.16. The molecule has 0 bridgehead atoms. The highest BCUT2D eigenvalue weighted by Crippen LogP contribution is 2.23. The fraction of sp³-hybridized carbons (Fsp3) is 0.500. The second-order valence-electron chi connectivity index (χ2n) is 5.35. The molecule has 0 radical (unpaired) electrons. The van der Waals surface area contributed by atoms with Crippen molar-refractivity contribution in [1.29, 1.82) is 0 Å². The van der Waals surface area contributed by atoms with Crippen LogP contribution >= 0.6 is 11.6 Å². The van der Waals surface area contributed by atoms with Crippen LogP contribution in [0.15, 0.2) is 18.6 Å². The monoisotopic (exact) mass is 322 g/mol. The summed E-state index contributed by atoms with van der Waals surface area (Å²) in [4.78, 5) is 8.61. The van der Waals surface area contributed by atoms with Gasteiger partial charge in [0.1, 0.15) is 5.02 Å². The quantitative estimate of drug-likeness (QED) is 0.880. The van der Waals surface area contributed by atoms with E-state index in [0.29, 0.717) is 22.7 Å². The molecule has 22 heavy (non-hydrogen) atoms. The van der Waals surface area contributed by atoms with E-state index in [2.05, 4.69) is 25.7 Å². The minimum absolute atomic E-state index is 0.492. The van der Waals surface area contributed by atoms with E-state index in [4.69, 9.17) is 16.3 Å². The van der Waals surface area contributed by atoms with Crippen LogP contribution < -0.4 is 10.6 Å². The Hall–Kier alpha value is -1.86. The van der Waals surface area contributed by atoms with Gasteiger partial charge in [-0.3, -0.25) is 4.68 Å². The van der Waals surface area contributed by atoms with Gasteiger partial charge in [-0.25, -0.2) is 4.98 Å². The van der Waals surface area contributed by atoms with Crippen LogP contribution in [0.3, 0.4) is 0 Å². The number of ether oxygens (including phenoxy) is 1. The summed E-state index contributed by atoms with van der Waals surface area (Å²) in [6.07, 6.45) is 7.30. The Morgan fingerprint density at radius 1 is 1.36 bits per heavy atom. The van der Waals surface area contributed by atoms with Crippen molar-refractivity contribution in [2.75, 3.05) is 30.4 Å². The first kappa shape index (κ1) is 15.1. The summed E-state index contributed by atoms with van der Waals surface area (Å²) in [5, 5.41) is 11.0. The zero-order chi connectivity index (χ0) is 15.4. The fourth-order valence-corrected chi connectivity index (χ4v) is 2.52. The molecule has 0 saturated carbocycles. The van der Waals surface area contributed by atoms with Crippen molar-refractivity contribution in [2.24, 2.45) is 13.0 Å². The van der Waals surface area contributed by atoms with Gasteiger partial charge < -0.3 is 15.4 Å². The SMILES string of the molecule is Cn1cc(Nc2ncc(Cl)c(NCC3CCOCC3)n2)cn1. The van der Waals surface area contributed by atoms with E-state index < -0.39 is 0 Å². The average Bonchev–Trinajstić information content (AvgIpc) is 2.94. The molecule has 8 heteroatoms. The lowest BCUT2D eigenvalue weighted by atomic mass is 10.0. The third-order valence-electron chi connectivity index (χ3n) is 3.60. The Morgan fingerprint density at radius 3 is 2.91 bits per heavy atom. The van der Waals surface area contributed by atoms with Crippen LogP contribution in [0, 0.1) is 5.92 Å². The van der Waals surface area contributed by atoms with E-state index in [1.54, 1.807) is 17.1 Å². The van der Waals surface area contributed by atoms with Crippen molar-refractivity contribution < 1.29 is 4.74 Å². The number of hydrogen-bond acceptors (Lipinski definition) is 6. The number of nitrogens with zero attached hydrogens (tertiary/aromatic N) is 4. The number of aryl methyl sites for hydroxylation is 1. The van der Waals surface area contributed by atoms with Crippen LogP contribution in [0.25, 0.3) is 0 Å². The van der Waals surface area contributed by atoms with E-state index >= 15 is 0 Å². The van der Waals surface area contributed by atoms with E-state index in [0.717, 1.165) is 38.3 Å². The minimum atomic E-state index is 0.492. The number of halogens is 1. The highest BCUT2D eigenvalue weighted by atomic mass is 35.5. The van der Waals surface area contributed by atoms with E-state index in [1.807, 2.05) is 13.2 Å². The molecule has 0 atom stereocenters. The van der Waals surface area contributed by atoms with E-state index in [9.17, 15) is 0 Å². The van der Waals surface area contributed by atoms with Gasteiger partial charge in [0.25, 0.3) is 0 Å². The van der Waals surface area contributed by atoms with Gasteiger partial charge in [0.15, 0.2) is 5.82 Å². The van der Waals surface area contributed by atoms with Crippen molar-refractivity contribution >= 4 is 29.1 Å². The first-order valence-electron chi connectivity index (χ1n) is 7.30. The Balaban J connectivity index is 1.64. The van der Waals surface area contributed by atoms with Gasteiger partial charge in [-0.15, -0.1) is 0 Å². The number of anilines is 3. The number of hydrogen-bond donors (Lipinski definition) is 2. The number of nitrogens with one attached hydrogen (secondary N) is 2. The first-order chi connectivity index (χ1) is 10.7. The minimum Gasteiger partial charge on any atom is -0.381 e. The van der Waals surface area contributed by atoms with Crippen LogP contribution in [0.2, 0.25) is 5.02 Å². The summed E-state index contributed by atoms with van der Waals surface area (Å²) < 4.78 is 7.08. The molecule has 118 valence electrons. The molecule has 0 unspecified atom stereocenters. The molecule has 3 heterocycles. The summed E-state index contributed by atoms with van der Waals surface area (Å²) in [5.41, 5.74) is 0.834. The molecule has 2 aromatic rings. The molecule has 0 amide bonds. The second kappa shape index (κ2) is 6.93. The highest BCUT2D eigenvalue weighted by molar-refractivity contribution is 6.32. The Bertz CT molecular complexity index is 626. The van der Waals surface area contributed by atoms with Crippen molar-refractivity contribution in [3.8, 4) is 0 Å². The molecular formula is C14H19ClN6O. The summed E-state index contributed by atoms with van der Waals surface area (Å²) in [6, 6.07) is 0. The Kier molecular flexibility index (Phi) is 4.74. The standard InChI is InChI=1S/C14H19ClN6O/c1-21-9-11(7-18-21)19-14-17-8-12(15)13(20-14)16-6-10-2-4-22-5-3-10/h7-10H,2-6H2,1H3,(H2,16,17,19,20). The molecule has 7 nitrogen and oxygen atoms in total. The predicted molar refractivity (Wildman–Crippen MR) is 85.6 cm³/mol. The third-order valence-corrected chi connectivity index (χ3v) is 3.88. The van der Waals surface area contributed by atoms with Gasteiger partial charge in [-0.1, -0.05) is 11.6 Å². The van der Waals surface area contributed by atoms with Gasteiger partial charge in [0.2, 0.25) is 5.95 Å². The number of aromatic nitrogens is 4. The summed E-state index contributed by atoms with van der Waals surface area (Å²) in [5.74, 6) is 1.73. The van der Waals surface area contributed by atoms with Crippen LogP contribution in [0.5, 0.6) is 0 Å². The molecule has 0 aromatic carbocycles. The van der Waals surface area contributed by atoms with Crippen LogP contribution in [0.1, 0.15) is 12.8 Å². The maximum Gasteiger partial charge on any atom is 0.229 e. The van der Waals surface area contributed by atoms with Gasteiger partial charge in [0.05, 0.1) is 18.1 Å². The van der Waals surface area contributed by atoms with E-state index in [-0.39, 0.29) is 0 Å². The normalized spacial score (nSPS) is 15.7. The lowest BCUT2D eigenvalue weighted by Crippen LogP contribution is -2.23. The highest BCUT2D eigenvalue weighted by Gasteiger charge is 2.14. The zero-order valence-electron chi connectivity index (χ0n) is 12.4. The summed E-state index contributed by atoms with van der Waals surface area (Å²) >= 11 is 6.16. The summed E-state index contributed by atoms with van der Waals surface area (Å²) in [7, 11) is 1.86. The van der Waals surface area contributed by atoms with Gasteiger partial charge in [-0.05, 0) is 18.8 Å². The molecule has 3 rings (SSSR count). The van der Waals surface area contributed by atoms with Gasteiger partial charge >= 0.3 is 0 Å². The average molecular weight is 323 g/mol. The topological polar surface area (TPSA) is 76.9 Å². The molecule has 1 saturated heterocycles. The van der Waals surface area contributed by atoms with Crippen molar-refractivity contribution in [3.05, 3.63) is 23.6 Å². The van der Waals surface area contributed by atoms with Gasteiger partial charge in [0, 0.05) is 33.0 Å². The Labute approximate surface area is 134 Å². The molecule has 1 aliphatic rings. The molecule has 1 aliphatic heterocycles. The molecule has 0 aliphatic carbocycles. The Morgan fingerprint density at radius 2 is 2.18 bits per heavy atom. The zero-order valence-corrected chi connectivity index (χ0v) is 13.2. The molecule has 2 aromatic heterocycles. The van der Waals surface area contributed by atoms with E-state index in [1.165, 1.54) is 0 Å². The van der Waals surface area contributed by atoms with Crippen molar-refractivity contribution in [2.45, 2.75) is 12.8 Å². The largest absolute Gasteiger partial charge is 0.381 e. The molecule has 1 fully saturated rings.